The molecule has 3 rings (SSSR count). The van der Waals surface area contributed by atoms with Gasteiger partial charge in [-0.2, -0.15) is 33.7 Å². The van der Waals surface area contributed by atoms with E-state index in [-0.39, 0.29) is 31.3 Å². The fourth-order valence-electron chi connectivity index (χ4n) is 5.71. The topological polar surface area (TPSA) is 46.2 Å². The van der Waals surface area contributed by atoms with E-state index in [2.05, 4.69) is 25.1 Å². The summed E-state index contributed by atoms with van der Waals surface area (Å²) in [5.41, 5.74) is 2.13. The molecule has 0 amide bonds. The van der Waals surface area contributed by atoms with Crippen molar-refractivity contribution in [3.05, 3.63) is 53.6 Å². The lowest BCUT2D eigenvalue weighted by atomic mass is 9.66. The van der Waals surface area contributed by atoms with Crippen LogP contribution in [0.4, 0.5) is 22.0 Å². The number of hydrogen-bond donors (Lipinski definition) is 0. The summed E-state index contributed by atoms with van der Waals surface area (Å²) in [6.45, 7) is 3.17. The van der Waals surface area contributed by atoms with E-state index in [1.54, 1.807) is 14.2 Å². The minimum Gasteiger partial charge on any atom is -0.492 e. The Morgan fingerprint density at radius 2 is 1.36 bits per heavy atom. The van der Waals surface area contributed by atoms with Crippen LogP contribution in [0.1, 0.15) is 88.2 Å². The second kappa shape index (κ2) is 18.2. The number of halogens is 5. The van der Waals surface area contributed by atoms with Gasteiger partial charge < -0.3 is 23.7 Å². The van der Waals surface area contributed by atoms with Crippen LogP contribution in [0.15, 0.2) is 42.5 Å². The van der Waals surface area contributed by atoms with E-state index in [1.807, 2.05) is 24.3 Å². The van der Waals surface area contributed by atoms with E-state index in [0.29, 0.717) is 18.1 Å². The monoisotopic (exact) mass is 662 g/mol. The highest BCUT2D eigenvalue weighted by atomic mass is 32.2. The van der Waals surface area contributed by atoms with Gasteiger partial charge in [-0.1, -0.05) is 63.6 Å². The van der Waals surface area contributed by atoms with Gasteiger partial charge in [0, 0.05) is 38.0 Å². The summed E-state index contributed by atoms with van der Waals surface area (Å²) in [7, 11) is 3.18. The summed E-state index contributed by atoms with van der Waals surface area (Å²) in [5, 5.41) is 0. The van der Waals surface area contributed by atoms with Crippen molar-refractivity contribution in [2.75, 3.05) is 45.9 Å². The van der Waals surface area contributed by atoms with Crippen LogP contribution < -0.4 is 14.2 Å². The Balaban J connectivity index is 1.45. The Morgan fingerprint density at radius 3 is 2.00 bits per heavy atom. The molecule has 5 nitrogen and oxygen atoms in total. The molecule has 11 heteroatoms. The summed E-state index contributed by atoms with van der Waals surface area (Å²) < 4.78 is 90.3. The van der Waals surface area contributed by atoms with Gasteiger partial charge in [-0.15, -0.1) is 0 Å². The molecule has 0 fully saturated rings. The van der Waals surface area contributed by atoms with Crippen molar-refractivity contribution in [2.45, 2.75) is 94.6 Å². The van der Waals surface area contributed by atoms with Gasteiger partial charge >= 0.3 is 12.1 Å². The van der Waals surface area contributed by atoms with E-state index in [1.165, 1.54) is 22.9 Å². The lowest BCUT2D eigenvalue weighted by molar-refractivity contribution is -0.284. The first-order valence-electron chi connectivity index (χ1n) is 15.6. The Bertz CT molecular complexity index is 1130. The Kier molecular flexibility index (Phi) is 15.0. The number of thioether (sulfide) groups is 1. The molecule has 254 valence electrons. The van der Waals surface area contributed by atoms with Gasteiger partial charge in [-0.05, 0) is 60.1 Å². The summed E-state index contributed by atoms with van der Waals surface area (Å²) in [6, 6.07) is 14.2. The summed E-state index contributed by atoms with van der Waals surface area (Å²) in [5.74, 6) is -0.922. The van der Waals surface area contributed by atoms with Gasteiger partial charge in [-0.3, -0.25) is 0 Å². The molecule has 0 saturated heterocycles. The molecule has 0 bridgehead atoms. The minimum atomic E-state index is -5.46. The lowest BCUT2D eigenvalue weighted by Gasteiger charge is -2.43. The first-order valence-corrected chi connectivity index (χ1v) is 16.8. The molecule has 0 N–H and O–H groups in total. The van der Waals surface area contributed by atoms with E-state index in [9.17, 15) is 22.0 Å². The van der Waals surface area contributed by atoms with Gasteiger partial charge in [0.1, 0.15) is 17.2 Å². The highest BCUT2D eigenvalue weighted by molar-refractivity contribution is 7.99. The van der Waals surface area contributed by atoms with Gasteiger partial charge in [0.2, 0.25) is 0 Å². The normalized spacial score (nSPS) is 18.4. The second-order valence-electron chi connectivity index (χ2n) is 11.8. The number of rotatable bonds is 21. The highest BCUT2D eigenvalue weighted by Crippen LogP contribution is 2.50. The van der Waals surface area contributed by atoms with Crippen LogP contribution in [0.3, 0.4) is 0 Å². The number of unbranched alkanes of at least 4 members (excludes halogenated alkanes) is 6. The average Bonchev–Trinajstić information content (AvgIpc) is 3.01. The van der Waals surface area contributed by atoms with Crippen molar-refractivity contribution in [1.29, 1.82) is 0 Å². The maximum atomic E-state index is 13.0. The van der Waals surface area contributed by atoms with Crippen molar-refractivity contribution < 1.29 is 45.6 Å². The summed E-state index contributed by atoms with van der Waals surface area (Å²) >= 11 is 1.46. The van der Waals surface area contributed by atoms with E-state index in [4.69, 9.17) is 23.7 Å². The van der Waals surface area contributed by atoms with E-state index >= 15 is 0 Å². The number of alkyl halides is 5. The van der Waals surface area contributed by atoms with Crippen molar-refractivity contribution in [3.8, 4) is 17.2 Å². The third-order valence-corrected chi connectivity index (χ3v) is 9.49. The zero-order valence-electron chi connectivity index (χ0n) is 26.6. The first kappa shape index (κ1) is 37.2. The number of hydrogen-bond acceptors (Lipinski definition) is 6. The van der Waals surface area contributed by atoms with Gasteiger partial charge in [0.15, 0.2) is 13.6 Å². The van der Waals surface area contributed by atoms with Crippen LogP contribution in [-0.4, -0.2) is 58.0 Å². The molecule has 2 atom stereocenters. The van der Waals surface area contributed by atoms with Crippen molar-refractivity contribution in [1.82, 2.24) is 0 Å². The summed E-state index contributed by atoms with van der Waals surface area (Å²) in [6.07, 6.45) is 1.80. The molecule has 0 radical (unpaired) electrons. The zero-order chi connectivity index (χ0) is 32.8. The summed E-state index contributed by atoms with van der Waals surface area (Å²) in [4.78, 5) is 0. The highest BCUT2D eigenvalue weighted by Gasteiger charge is 2.56. The smallest absolute Gasteiger partial charge is 0.453 e. The SMILES string of the molecule is COCOc1ccc(C2(C)COc3cc(OCOC)ccc3C2CCCCCCCCCSCCCC(F)(F)C(F)(F)F)cc1. The molecule has 2 aromatic carbocycles. The molecule has 2 aromatic rings. The third kappa shape index (κ3) is 11.2. The molecule has 0 aromatic heterocycles. The molecular formula is C34H47F5O5S. The lowest BCUT2D eigenvalue weighted by Crippen LogP contribution is -2.40. The standard InChI is InChI=1S/C34H47F5O5S/c1-32(26-13-15-27(16-14-26)43-24-40-2)23-42-31-22-28(44-25-41-3)17-18-29(31)30(32)12-9-7-5-4-6-8-10-20-45-21-11-19-33(35,36)34(37,38)39/h13-18,22,30H,4-12,19-21,23-25H2,1-3H3. The van der Waals surface area contributed by atoms with Crippen molar-refractivity contribution >= 4 is 11.8 Å². The second-order valence-corrected chi connectivity index (χ2v) is 13.0. The van der Waals surface area contributed by atoms with Crippen LogP contribution in [0.25, 0.3) is 0 Å². The van der Waals surface area contributed by atoms with Crippen molar-refractivity contribution in [3.63, 3.8) is 0 Å². The molecule has 0 aliphatic carbocycles. The molecule has 2 unspecified atom stereocenters. The fourth-order valence-corrected chi connectivity index (χ4v) is 6.67. The van der Waals surface area contributed by atoms with Crippen LogP contribution in [-0.2, 0) is 14.9 Å². The number of benzene rings is 2. The van der Waals surface area contributed by atoms with Crippen molar-refractivity contribution in [2.24, 2.45) is 0 Å². The number of ether oxygens (including phenoxy) is 5. The Morgan fingerprint density at radius 1 is 0.778 bits per heavy atom. The molecular weight excluding hydrogens is 615 g/mol. The largest absolute Gasteiger partial charge is 0.492 e. The van der Waals surface area contributed by atoms with Gasteiger partial charge in [-0.25, -0.2) is 0 Å². The molecule has 1 heterocycles. The molecule has 0 saturated carbocycles. The fraction of sp³-hybridized carbons (Fsp3) is 0.647. The number of fused-ring (bicyclic) bond motifs is 1. The maximum Gasteiger partial charge on any atom is 0.453 e. The molecule has 1 aliphatic heterocycles. The Labute approximate surface area is 268 Å². The molecule has 0 spiro atoms. The minimum absolute atomic E-state index is 0.134. The van der Waals surface area contributed by atoms with E-state index in [0.717, 1.165) is 68.6 Å². The van der Waals surface area contributed by atoms with E-state index < -0.39 is 18.5 Å². The van der Waals surface area contributed by atoms with Gasteiger partial charge in [0.25, 0.3) is 0 Å². The van der Waals surface area contributed by atoms with Gasteiger partial charge in [0.05, 0.1) is 6.61 Å². The predicted molar refractivity (Wildman–Crippen MR) is 168 cm³/mol. The molecule has 45 heavy (non-hydrogen) atoms. The number of methoxy groups -OCH3 is 2. The Hall–Kier alpha value is -2.24. The third-order valence-electron chi connectivity index (χ3n) is 8.33. The van der Waals surface area contributed by atoms with Crippen LogP contribution in [0, 0.1) is 0 Å². The quantitative estimate of drug-likeness (QED) is 0.0754. The average molecular weight is 663 g/mol. The first-order chi connectivity index (χ1) is 21.5. The van der Waals surface area contributed by atoms with Crippen LogP contribution in [0.5, 0.6) is 17.2 Å². The zero-order valence-corrected chi connectivity index (χ0v) is 27.4. The van der Waals surface area contributed by atoms with Crippen LogP contribution in [0.2, 0.25) is 0 Å². The molecule has 1 aliphatic rings. The maximum absolute atomic E-state index is 13.0. The van der Waals surface area contributed by atoms with Crippen LogP contribution >= 0.6 is 11.8 Å². The predicted octanol–water partition coefficient (Wildman–Crippen LogP) is 9.92.